The Morgan fingerprint density at radius 3 is 2.78 bits per heavy atom. The van der Waals surface area contributed by atoms with E-state index in [0.717, 1.165) is 6.07 Å². The molecule has 4 rings (SSSR count). The molecule has 2 aliphatic rings. The maximum absolute atomic E-state index is 13.4. The van der Waals surface area contributed by atoms with Gasteiger partial charge in [-0.05, 0) is 49.2 Å². The Bertz CT molecular complexity index is 1060. The number of benzene rings is 2. The lowest BCUT2D eigenvalue weighted by Crippen LogP contribution is -2.53. The third kappa shape index (κ3) is 4.57. The Morgan fingerprint density at radius 2 is 2.03 bits per heavy atom. The highest BCUT2D eigenvalue weighted by Crippen LogP contribution is 2.32. The minimum absolute atomic E-state index is 0.0914. The van der Waals surface area contributed by atoms with E-state index in [1.54, 1.807) is 24.1 Å². The largest absolute Gasteiger partial charge is 0.490 e. The van der Waals surface area contributed by atoms with Crippen LogP contribution in [-0.4, -0.2) is 59.7 Å². The molecule has 1 fully saturated rings. The highest BCUT2D eigenvalue weighted by Gasteiger charge is 2.39. The van der Waals surface area contributed by atoms with Crippen molar-refractivity contribution >= 4 is 23.5 Å². The second-order valence-electron chi connectivity index (χ2n) is 7.94. The average Bonchev–Trinajstić information content (AvgIpc) is 2.76. The van der Waals surface area contributed by atoms with Crippen molar-refractivity contribution in [3.8, 4) is 5.75 Å². The summed E-state index contributed by atoms with van der Waals surface area (Å²) in [6.45, 7) is 0.167. The van der Waals surface area contributed by atoms with E-state index in [2.05, 4.69) is 5.32 Å². The standard InChI is InChI=1S/C23H23FN2O6/c1-26-18-7-6-16(11-21(27)28)32-20(18)12-31-19-8-5-15(10-17(19)23(26)30)25-22(29)13-3-2-4-14(24)9-13/h2-5,8-10,16,18,20H,6-7,11-12H2,1H3,(H,25,29)(H,27,28)/t16-,18+,20+/m1/s1. The van der Waals surface area contributed by atoms with Gasteiger partial charge in [0.1, 0.15) is 24.3 Å². The van der Waals surface area contributed by atoms with E-state index in [1.165, 1.54) is 24.3 Å². The van der Waals surface area contributed by atoms with E-state index in [4.69, 9.17) is 14.6 Å². The first-order chi connectivity index (χ1) is 15.3. The van der Waals surface area contributed by atoms with Gasteiger partial charge in [0.15, 0.2) is 0 Å². The minimum atomic E-state index is -0.928. The van der Waals surface area contributed by atoms with E-state index in [-0.39, 0.29) is 36.1 Å². The number of hydrogen-bond acceptors (Lipinski definition) is 5. The van der Waals surface area contributed by atoms with Gasteiger partial charge >= 0.3 is 5.97 Å². The predicted molar refractivity (Wildman–Crippen MR) is 112 cm³/mol. The van der Waals surface area contributed by atoms with Gasteiger partial charge in [0.2, 0.25) is 0 Å². The number of carbonyl (C=O) groups excluding carboxylic acids is 2. The number of fused-ring (bicyclic) bond motifs is 2. The molecule has 0 bridgehead atoms. The van der Waals surface area contributed by atoms with Crippen LogP contribution >= 0.6 is 0 Å². The van der Waals surface area contributed by atoms with Crippen LogP contribution in [0.1, 0.15) is 40.0 Å². The van der Waals surface area contributed by atoms with Crippen LogP contribution < -0.4 is 10.1 Å². The summed E-state index contributed by atoms with van der Waals surface area (Å²) in [5.41, 5.74) is 0.826. The van der Waals surface area contributed by atoms with Gasteiger partial charge in [0.05, 0.1) is 24.1 Å². The van der Waals surface area contributed by atoms with Gasteiger partial charge < -0.3 is 24.8 Å². The summed E-state index contributed by atoms with van der Waals surface area (Å²) in [4.78, 5) is 38.2. The number of carboxylic acid groups (broad SMARTS) is 1. The first kappa shape index (κ1) is 21.8. The molecular weight excluding hydrogens is 419 g/mol. The van der Waals surface area contributed by atoms with Gasteiger partial charge in [-0.3, -0.25) is 14.4 Å². The Morgan fingerprint density at radius 1 is 1.22 bits per heavy atom. The van der Waals surface area contributed by atoms with Crippen LogP contribution in [0.4, 0.5) is 10.1 Å². The van der Waals surface area contributed by atoms with Crippen molar-refractivity contribution in [3.05, 3.63) is 59.4 Å². The molecule has 0 radical (unpaired) electrons. The van der Waals surface area contributed by atoms with E-state index in [1.807, 2.05) is 0 Å². The van der Waals surface area contributed by atoms with Crippen LogP contribution in [0.5, 0.6) is 5.75 Å². The highest BCUT2D eigenvalue weighted by molar-refractivity contribution is 6.05. The minimum Gasteiger partial charge on any atom is -0.490 e. The Balaban J connectivity index is 1.54. The number of carboxylic acids is 1. The summed E-state index contributed by atoms with van der Waals surface area (Å²) in [5, 5.41) is 11.7. The third-order valence-corrected chi connectivity index (χ3v) is 5.76. The van der Waals surface area contributed by atoms with Crippen LogP contribution in [0.15, 0.2) is 42.5 Å². The van der Waals surface area contributed by atoms with Crippen LogP contribution in [0.3, 0.4) is 0 Å². The number of carbonyl (C=O) groups is 3. The predicted octanol–water partition coefficient (Wildman–Crippen LogP) is 2.93. The Hall–Kier alpha value is -3.46. The molecule has 2 amide bonds. The van der Waals surface area contributed by atoms with Gasteiger partial charge in [-0.2, -0.15) is 0 Å². The number of likely N-dealkylation sites (N-methyl/N-ethyl adjacent to an activating group) is 1. The number of nitrogens with one attached hydrogen (secondary N) is 1. The third-order valence-electron chi connectivity index (χ3n) is 5.76. The molecule has 2 aliphatic heterocycles. The van der Waals surface area contributed by atoms with Crippen molar-refractivity contribution in [3.63, 3.8) is 0 Å². The zero-order chi connectivity index (χ0) is 22.8. The fraction of sp³-hybridized carbons (Fsp3) is 0.348. The number of amides is 2. The van der Waals surface area contributed by atoms with E-state index >= 15 is 0 Å². The molecule has 0 aromatic heterocycles. The molecular formula is C23H23FN2O6. The number of anilines is 1. The number of aliphatic carboxylic acids is 1. The molecule has 2 N–H and O–H groups in total. The summed E-state index contributed by atoms with van der Waals surface area (Å²) >= 11 is 0. The molecule has 2 heterocycles. The first-order valence-corrected chi connectivity index (χ1v) is 10.3. The molecule has 8 nitrogen and oxygen atoms in total. The zero-order valence-corrected chi connectivity index (χ0v) is 17.4. The molecule has 168 valence electrons. The fourth-order valence-electron chi connectivity index (χ4n) is 4.13. The highest BCUT2D eigenvalue weighted by atomic mass is 19.1. The molecule has 2 aromatic carbocycles. The average molecular weight is 442 g/mol. The SMILES string of the molecule is CN1C(=O)c2cc(NC(=O)c3cccc(F)c3)ccc2OC[C@@H]2O[C@@H](CC(=O)O)CC[C@@H]21. The zero-order valence-electron chi connectivity index (χ0n) is 17.4. The van der Waals surface area contributed by atoms with Gasteiger partial charge in [-0.1, -0.05) is 6.07 Å². The van der Waals surface area contributed by atoms with Gasteiger partial charge in [-0.25, -0.2) is 4.39 Å². The van der Waals surface area contributed by atoms with E-state index in [0.29, 0.717) is 24.3 Å². The molecule has 1 saturated heterocycles. The number of halogens is 1. The smallest absolute Gasteiger partial charge is 0.305 e. The van der Waals surface area contributed by atoms with Crippen molar-refractivity contribution in [2.75, 3.05) is 19.0 Å². The van der Waals surface area contributed by atoms with Crippen LogP contribution in [0, 0.1) is 5.82 Å². The van der Waals surface area contributed by atoms with Crippen molar-refractivity contribution in [2.45, 2.75) is 37.5 Å². The molecule has 0 aliphatic carbocycles. The second kappa shape index (κ2) is 8.96. The Labute approximate surface area is 183 Å². The van der Waals surface area contributed by atoms with Crippen molar-refractivity contribution in [1.29, 1.82) is 0 Å². The normalized spacial score (nSPS) is 22.6. The van der Waals surface area contributed by atoms with Crippen molar-refractivity contribution in [1.82, 2.24) is 4.90 Å². The molecule has 0 spiro atoms. The van der Waals surface area contributed by atoms with Crippen molar-refractivity contribution in [2.24, 2.45) is 0 Å². The maximum Gasteiger partial charge on any atom is 0.305 e. The lowest BCUT2D eigenvalue weighted by Gasteiger charge is -2.42. The van der Waals surface area contributed by atoms with Crippen LogP contribution in [-0.2, 0) is 9.53 Å². The monoisotopic (exact) mass is 442 g/mol. The molecule has 9 heteroatoms. The maximum atomic E-state index is 13.4. The number of nitrogens with zero attached hydrogens (tertiary/aromatic N) is 1. The van der Waals surface area contributed by atoms with Gasteiger partial charge in [0.25, 0.3) is 11.8 Å². The quantitative estimate of drug-likeness (QED) is 0.754. The molecule has 0 saturated carbocycles. The summed E-state index contributed by atoms with van der Waals surface area (Å²) in [6, 6.07) is 9.77. The summed E-state index contributed by atoms with van der Waals surface area (Å²) in [7, 11) is 1.67. The van der Waals surface area contributed by atoms with Crippen molar-refractivity contribution < 1.29 is 33.4 Å². The lowest BCUT2D eigenvalue weighted by atomic mass is 9.94. The van der Waals surface area contributed by atoms with Gasteiger partial charge in [-0.15, -0.1) is 0 Å². The van der Waals surface area contributed by atoms with E-state index < -0.39 is 29.9 Å². The van der Waals surface area contributed by atoms with Gasteiger partial charge in [0, 0.05) is 18.3 Å². The number of hydrogen-bond donors (Lipinski definition) is 2. The number of ether oxygens (including phenoxy) is 2. The van der Waals surface area contributed by atoms with Crippen LogP contribution in [0.2, 0.25) is 0 Å². The summed E-state index contributed by atoms with van der Waals surface area (Å²) < 4.78 is 25.2. The Kier molecular flexibility index (Phi) is 6.09. The summed E-state index contributed by atoms with van der Waals surface area (Å²) in [5.74, 6) is -1.90. The molecule has 0 unspecified atom stereocenters. The summed E-state index contributed by atoms with van der Waals surface area (Å²) in [6.07, 6.45) is 0.176. The van der Waals surface area contributed by atoms with Crippen LogP contribution in [0.25, 0.3) is 0 Å². The molecule has 2 aromatic rings. The molecule has 32 heavy (non-hydrogen) atoms. The topological polar surface area (TPSA) is 105 Å². The fourth-order valence-corrected chi connectivity index (χ4v) is 4.13. The number of rotatable bonds is 4. The lowest BCUT2D eigenvalue weighted by molar-refractivity contribution is -0.148. The molecule has 3 atom stereocenters. The second-order valence-corrected chi connectivity index (χ2v) is 7.94. The first-order valence-electron chi connectivity index (χ1n) is 10.3. The van der Waals surface area contributed by atoms with E-state index in [9.17, 15) is 18.8 Å².